The zero-order chi connectivity index (χ0) is 8.27. The molecule has 1 aromatic heterocycles. The first-order chi connectivity index (χ1) is 5.24. The van der Waals surface area contributed by atoms with E-state index in [1.54, 1.807) is 0 Å². The third-order valence-corrected chi connectivity index (χ3v) is 1.06. The Hall–Kier alpha value is -2.65. The molecule has 0 aliphatic carbocycles. The summed E-state index contributed by atoms with van der Waals surface area (Å²) in [4.78, 5) is 17.6. The van der Waals surface area contributed by atoms with Crippen LogP contribution >= 0.6 is 0 Å². The summed E-state index contributed by atoms with van der Waals surface area (Å²) in [7, 11) is 1.50. The second-order valence-corrected chi connectivity index (χ2v) is 1.77. The van der Waals surface area contributed by atoms with E-state index in [9.17, 15) is 4.79 Å². The van der Waals surface area contributed by atoms with Crippen LogP contribution in [0.5, 0.6) is 0 Å². The minimum atomic E-state index is -1.07. The molecular formula is C6H6N3O2Rf-. The van der Waals surface area contributed by atoms with Crippen molar-refractivity contribution in [3.8, 4) is 0 Å². The predicted molar refractivity (Wildman–Crippen MR) is 37.9 cm³/mol. The Morgan fingerprint density at radius 2 is 2.33 bits per heavy atom. The van der Waals surface area contributed by atoms with Gasteiger partial charge in [-0.1, -0.05) is 0 Å². The maximum Gasteiger partial charge on any atom is 0.338 e. The van der Waals surface area contributed by atoms with E-state index >= 15 is 0 Å². The normalized spacial score (nSPS) is 8.42. The fourth-order valence-corrected chi connectivity index (χ4v) is 0.575. The Kier molecular flexibility index (Phi) is 2.73. The first-order valence-corrected chi connectivity index (χ1v) is 2.90. The molecule has 0 aromatic carbocycles. The first kappa shape index (κ1) is 9.35. The number of hydrogen-bond acceptors (Lipinski definition) is 3. The molecule has 0 spiro atoms. The van der Waals surface area contributed by atoms with Crippen molar-refractivity contribution in [1.29, 1.82) is 0 Å². The van der Waals surface area contributed by atoms with Crippen molar-refractivity contribution in [2.24, 2.45) is 0 Å². The molecule has 1 heterocycles. The van der Waals surface area contributed by atoms with Crippen molar-refractivity contribution in [2.45, 2.75) is 0 Å². The molecule has 0 atom stereocenters. The van der Waals surface area contributed by atoms with Gasteiger partial charge in [0.15, 0.2) is 0 Å². The minimum Gasteiger partial charge on any atom is -0.477 e. The first-order valence-electron chi connectivity index (χ1n) is 2.90. The van der Waals surface area contributed by atoms with E-state index in [1.807, 2.05) is 0 Å². The average molecular weight is 419 g/mol. The number of hydrogen-bond donors (Lipinski definition) is 1. The Morgan fingerprint density at radius 1 is 1.67 bits per heavy atom. The number of rotatable bonds is 2. The number of nitrogens with zero attached hydrogens (tertiary/aromatic N) is 3. The van der Waals surface area contributed by atoms with Crippen LogP contribution in [0.3, 0.4) is 0 Å². The number of aromatic nitrogens is 2. The van der Waals surface area contributed by atoms with Gasteiger partial charge in [0.1, 0.15) is 0 Å². The van der Waals surface area contributed by atoms with E-state index in [1.165, 1.54) is 19.3 Å². The van der Waals surface area contributed by atoms with Crippen molar-refractivity contribution in [1.82, 2.24) is 9.97 Å². The molecule has 12 heavy (non-hydrogen) atoms. The van der Waals surface area contributed by atoms with E-state index in [0.717, 1.165) is 0 Å². The van der Waals surface area contributed by atoms with Crippen LogP contribution in [0.1, 0.15) is 10.5 Å². The Labute approximate surface area is 63.1 Å². The summed E-state index contributed by atoms with van der Waals surface area (Å²) >= 11 is 0. The number of carboxylic acid groups (broad SMARTS) is 1. The van der Waals surface area contributed by atoms with Crippen molar-refractivity contribution < 1.29 is 9.90 Å². The minimum absolute atomic E-state index is 0. The zero-order valence-electron chi connectivity index (χ0n) is 6.56. The molecule has 0 unspecified atom stereocenters. The van der Waals surface area contributed by atoms with Crippen LogP contribution in [0.25, 0.3) is 5.32 Å². The molecule has 0 bridgehead atoms. The van der Waals surface area contributed by atoms with Gasteiger partial charge in [0.05, 0.1) is 5.69 Å². The predicted octanol–water partition coefficient (Wildman–Crippen LogP) is 0.810. The van der Waals surface area contributed by atoms with Gasteiger partial charge in [-0.2, -0.15) is 0 Å². The van der Waals surface area contributed by atoms with Crippen LogP contribution in [-0.2, 0) is 0 Å². The fourth-order valence-electron chi connectivity index (χ4n) is 0.575. The largest absolute Gasteiger partial charge is 0.477 e. The van der Waals surface area contributed by atoms with Gasteiger partial charge in [-0.15, -0.1) is 0 Å². The van der Waals surface area contributed by atoms with Crippen molar-refractivity contribution in [3.05, 3.63) is 23.3 Å². The van der Waals surface area contributed by atoms with Gasteiger partial charge in [-0.05, 0) is 19.3 Å². The summed E-state index contributed by atoms with van der Waals surface area (Å²) in [5, 5.41) is 12.1. The summed E-state index contributed by atoms with van der Waals surface area (Å²) in [5.74, 6) is -0.887. The number of aromatic carboxylic acids is 1. The second kappa shape index (κ2) is 3.50. The van der Waals surface area contributed by atoms with Gasteiger partial charge in [0, 0.05) is 5.95 Å². The van der Waals surface area contributed by atoms with Crippen LogP contribution < -0.4 is 0 Å². The summed E-state index contributed by atoms with van der Waals surface area (Å²) < 4.78 is 0. The third-order valence-electron chi connectivity index (χ3n) is 1.06. The van der Waals surface area contributed by atoms with Crippen LogP contribution in [0, 0.1) is 0 Å². The summed E-state index contributed by atoms with van der Waals surface area (Å²) in [6.07, 6.45) is 1.36. The van der Waals surface area contributed by atoms with Gasteiger partial charge >= 0.3 is 5.97 Å². The van der Waals surface area contributed by atoms with E-state index in [4.69, 9.17) is 5.11 Å². The molecule has 60 valence electrons. The molecule has 0 amide bonds. The Balaban J connectivity index is 0.00000121. The molecule has 5 nitrogen and oxygen atoms in total. The second-order valence-electron chi connectivity index (χ2n) is 1.77. The topological polar surface area (TPSA) is 77.2 Å². The van der Waals surface area contributed by atoms with Crippen LogP contribution in [0.2, 0.25) is 0 Å². The third kappa shape index (κ3) is 1.66. The molecule has 1 N–H and O–H groups in total. The summed E-state index contributed by atoms with van der Waals surface area (Å²) in [6, 6.07) is 1.32. The number of carbonyl (C=O) groups is 1. The van der Waals surface area contributed by atoms with Gasteiger partial charge in [0.2, 0.25) is 0 Å². The zero-order valence-corrected chi connectivity index (χ0v) is 13.0. The molecule has 0 radical (unpaired) electrons. The molecule has 1 rings (SSSR count). The van der Waals surface area contributed by atoms with Gasteiger partial charge in [-0.3, -0.25) is 0 Å². The average Bonchev–Trinajstić information content (AvgIpc) is 2.05. The van der Waals surface area contributed by atoms with Crippen LogP contribution in [0.4, 0.5) is 5.95 Å². The maximum atomic E-state index is 10.3. The summed E-state index contributed by atoms with van der Waals surface area (Å²) in [5.41, 5.74) is -0.0411. The Morgan fingerprint density at radius 3 is 2.83 bits per heavy atom. The van der Waals surface area contributed by atoms with E-state index in [0.29, 0.717) is 0 Å². The molecular weight excluding hydrogens is 413 g/mol. The standard InChI is InChI=1S/C6H7N3O2.Rf/c1-7-6-8-3-2-4(9-6)5(10)11;/h2-3H,1H3,(H2,7,8,9,10,11);/p-1. The van der Waals surface area contributed by atoms with E-state index < -0.39 is 5.97 Å². The van der Waals surface area contributed by atoms with Gasteiger partial charge < -0.3 is 20.4 Å². The smallest absolute Gasteiger partial charge is 0.338 e. The summed E-state index contributed by atoms with van der Waals surface area (Å²) in [6.45, 7) is 0. The molecule has 0 aliphatic rings. The van der Waals surface area contributed by atoms with E-state index in [-0.39, 0.29) is 11.6 Å². The molecule has 0 fully saturated rings. The van der Waals surface area contributed by atoms with Crippen LogP contribution in [-0.4, -0.2) is 28.1 Å². The molecule has 1 aromatic rings. The quantitative estimate of drug-likeness (QED) is 0.770. The molecule has 0 saturated heterocycles. The maximum absolute atomic E-state index is 10.3. The van der Waals surface area contributed by atoms with Gasteiger partial charge in [0.25, 0.3) is 0 Å². The van der Waals surface area contributed by atoms with Gasteiger partial charge in [-0.25, -0.2) is 4.79 Å². The van der Waals surface area contributed by atoms with Crippen molar-refractivity contribution >= 4 is 11.9 Å². The SMILES string of the molecule is C[N-]c1nccc(C(=O)O)n1.[Rf]. The van der Waals surface area contributed by atoms with E-state index in [2.05, 4.69) is 15.3 Å². The fraction of sp³-hybridized carbons (Fsp3) is 0.167. The van der Waals surface area contributed by atoms with Crippen molar-refractivity contribution in [3.63, 3.8) is 0 Å². The van der Waals surface area contributed by atoms with Crippen LogP contribution in [0.15, 0.2) is 12.3 Å². The molecule has 0 aliphatic heterocycles. The number of carboxylic acids is 1. The molecule has 0 saturated carbocycles. The monoisotopic (exact) mass is 419 g/mol. The Bertz CT molecular complexity index is 279. The van der Waals surface area contributed by atoms with Crippen molar-refractivity contribution in [2.75, 3.05) is 7.05 Å². The molecule has 6 heteroatoms.